The average Bonchev–Trinajstić information content (AvgIpc) is 2.50. The zero-order valence-corrected chi connectivity index (χ0v) is 10.0. The number of methoxy groups -OCH3 is 1. The molecule has 2 unspecified atom stereocenters. The smallest absolute Gasteiger partial charge is 0.215 e. The first-order valence-electron chi connectivity index (χ1n) is 5.24. The normalized spacial score (nSPS) is 27.9. The van der Waals surface area contributed by atoms with Crippen LogP contribution in [0.25, 0.3) is 0 Å². The Labute approximate surface area is 90.4 Å². The predicted molar refractivity (Wildman–Crippen MR) is 59.0 cm³/mol. The molecule has 4 nitrogen and oxygen atoms in total. The molecule has 0 bridgehead atoms. The second kappa shape index (κ2) is 2.98. The van der Waals surface area contributed by atoms with Gasteiger partial charge in [0.15, 0.2) is 0 Å². The van der Waals surface area contributed by atoms with E-state index in [1.165, 1.54) is 5.56 Å². The predicted octanol–water partition coefficient (Wildman–Crippen LogP) is 1.19. The molecule has 0 saturated heterocycles. The van der Waals surface area contributed by atoms with Gasteiger partial charge in [-0.05, 0) is 12.3 Å². The molecule has 0 radical (unpaired) electrons. The van der Waals surface area contributed by atoms with E-state index in [1.807, 2.05) is 14.0 Å². The van der Waals surface area contributed by atoms with Crippen molar-refractivity contribution in [1.82, 2.24) is 9.78 Å². The van der Waals surface area contributed by atoms with E-state index in [4.69, 9.17) is 10.5 Å². The summed E-state index contributed by atoms with van der Waals surface area (Å²) in [5.74, 6) is 1.22. The molecule has 1 fully saturated rings. The third kappa shape index (κ3) is 1.28. The van der Waals surface area contributed by atoms with Crippen LogP contribution in [-0.4, -0.2) is 22.9 Å². The fourth-order valence-corrected chi connectivity index (χ4v) is 2.48. The van der Waals surface area contributed by atoms with Crippen molar-refractivity contribution >= 4 is 0 Å². The number of hydrogen-bond acceptors (Lipinski definition) is 3. The highest BCUT2D eigenvalue weighted by atomic mass is 16.5. The van der Waals surface area contributed by atoms with E-state index in [2.05, 4.69) is 18.9 Å². The maximum Gasteiger partial charge on any atom is 0.215 e. The van der Waals surface area contributed by atoms with Crippen LogP contribution in [0.1, 0.15) is 31.0 Å². The summed E-state index contributed by atoms with van der Waals surface area (Å²) >= 11 is 0. The number of rotatable bonds is 2. The summed E-state index contributed by atoms with van der Waals surface area (Å²) in [5, 5.41) is 4.38. The van der Waals surface area contributed by atoms with E-state index in [1.54, 1.807) is 11.8 Å². The first-order chi connectivity index (χ1) is 6.91. The number of ether oxygens (including phenoxy) is 1. The molecule has 0 aromatic carbocycles. The lowest BCUT2D eigenvalue weighted by atomic mass is 10.0. The lowest BCUT2D eigenvalue weighted by Gasteiger charge is -2.05. The monoisotopic (exact) mass is 209 g/mol. The highest BCUT2D eigenvalue weighted by molar-refractivity contribution is 5.43. The Bertz CT molecular complexity index is 395. The van der Waals surface area contributed by atoms with Crippen LogP contribution in [0.2, 0.25) is 0 Å². The van der Waals surface area contributed by atoms with Crippen LogP contribution in [-0.2, 0) is 7.05 Å². The van der Waals surface area contributed by atoms with Gasteiger partial charge >= 0.3 is 0 Å². The molecule has 1 aromatic rings. The molecular formula is C11H19N3O. The summed E-state index contributed by atoms with van der Waals surface area (Å²) in [6, 6.07) is 0.217. The van der Waals surface area contributed by atoms with Crippen LogP contribution in [0.4, 0.5) is 0 Å². The van der Waals surface area contributed by atoms with Gasteiger partial charge in [-0.1, -0.05) is 13.8 Å². The fraction of sp³-hybridized carbons (Fsp3) is 0.727. The van der Waals surface area contributed by atoms with Crippen molar-refractivity contribution in [3.8, 4) is 5.88 Å². The second-order valence-corrected chi connectivity index (χ2v) is 4.96. The van der Waals surface area contributed by atoms with Gasteiger partial charge in [0.05, 0.1) is 12.8 Å². The van der Waals surface area contributed by atoms with Crippen LogP contribution in [0.15, 0.2) is 0 Å². The third-order valence-electron chi connectivity index (χ3n) is 3.63. The average molecular weight is 209 g/mol. The summed E-state index contributed by atoms with van der Waals surface area (Å²) in [5.41, 5.74) is 8.46. The molecule has 4 heteroatoms. The highest BCUT2D eigenvalue weighted by Gasteiger charge is 2.58. The van der Waals surface area contributed by atoms with Crippen LogP contribution in [0.3, 0.4) is 0 Å². The number of hydrogen-bond donors (Lipinski definition) is 1. The molecule has 1 heterocycles. The molecule has 0 spiro atoms. The summed E-state index contributed by atoms with van der Waals surface area (Å²) in [4.78, 5) is 0. The van der Waals surface area contributed by atoms with Crippen molar-refractivity contribution in [2.24, 2.45) is 18.2 Å². The molecule has 1 aliphatic rings. The first kappa shape index (κ1) is 10.5. The Morgan fingerprint density at radius 1 is 1.47 bits per heavy atom. The molecule has 15 heavy (non-hydrogen) atoms. The van der Waals surface area contributed by atoms with Crippen LogP contribution in [0, 0.1) is 12.3 Å². The van der Waals surface area contributed by atoms with E-state index in [0.29, 0.717) is 5.92 Å². The molecule has 0 aliphatic heterocycles. The molecule has 2 rings (SSSR count). The van der Waals surface area contributed by atoms with Crippen molar-refractivity contribution in [2.75, 3.05) is 7.11 Å². The van der Waals surface area contributed by atoms with Gasteiger partial charge in [0.1, 0.15) is 0 Å². The van der Waals surface area contributed by atoms with Crippen molar-refractivity contribution in [1.29, 1.82) is 0 Å². The van der Waals surface area contributed by atoms with Gasteiger partial charge in [-0.3, -0.25) is 0 Å². The minimum absolute atomic E-state index is 0.168. The van der Waals surface area contributed by atoms with Gasteiger partial charge in [-0.2, -0.15) is 5.10 Å². The number of nitrogens with two attached hydrogens (primary N) is 1. The van der Waals surface area contributed by atoms with Gasteiger partial charge < -0.3 is 10.5 Å². The quantitative estimate of drug-likeness (QED) is 0.796. The Hall–Kier alpha value is -1.03. The molecule has 2 N–H and O–H groups in total. The van der Waals surface area contributed by atoms with E-state index in [9.17, 15) is 0 Å². The molecule has 1 aliphatic carbocycles. The van der Waals surface area contributed by atoms with Crippen LogP contribution >= 0.6 is 0 Å². The van der Waals surface area contributed by atoms with E-state index in [0.717, 1.165) is 11.6 Å². The minimum Gasteiger partial charge on any atom is -0.481 e. The summed E-state index contributed by atoms with van der Waals surface area (Å²) in [6.07, 6.45) is 0. The zero-order chi connectivity index (χ0) is 11.4. The van der Waals surface area contributed by atoms with Crippen LogP contribution < -0.4 is 10.5 Å². The Morgan fingerprint density at radius 3 is 2.40 bits per heavy atom. The molecule has 2 atom stereocenters. The first-order valence-corrected chi connectivity index (χ1v) is 5.24. The summed E-state index contributed by atoms with van der Waals surface area (Å²) < 4.78 is 7.17. The summed E-state index contributed by atoms with van der Waals surface area (Å²) in [7, 11) is 3.58. The van der Waals surface area contributed by atoms with Crippen LogP contribution in [0.5, 0.6) is 5.88 Å². The molecule has 0 amide bonds. The topological polar surface area (TPSA) is 53.1 Å². The lowest BCUT2D eigenvalue weighted by molar-refractivity contribution is 0.368. The highest BCUT2D eigenvalue weighted by Crippen LogP contribution is 2.59. The van der Waals surface area contributed by atoms with E-state index >= 15 is 0 Å². The second-order valence-electron chi connectivity index (χ2n) is 4.96. The van der Waals surface area contributed by atoms with Crippen molar-refractivity contribution in [2.45, 2.75) is 32.7 Å². The minimum atomic E-state index is 0.168. The van der Waals surface area contributed by atoms with Gasteiger partial charge in [0.2, 0.25) is 5.88 Å². The fourth-order valence-electron chi connectivity index (χ4n) is 2.48. The summed E-state index contributed by atoms with van der Waals surface area (Å²) in [6.45, 7) is 6.39. The van der Waals surface area contributed by atoms with Gasteiger partial charge in [0.25, 0.3) is 0 Å². The van der Waals surface area contributed by atoms with E-state index in [-0.39, 0.29) is 11.5 Å². The molecule has 1 aromatic heterocycles. The van der Waals surface area contributed by atoms with E-state index < -0.39 is 0 Å². The Kier molecular flexibility index (Phi) is 2.08. The number of aryl methyl sites for hydroxylation is 2. The van der Waals surface area contributed by atoms with Gasteiger partial charge in [0, 0.05) is 24.6 Å². The van der Waals surface area contributed by atoms with Crippen molar-refractivity contribution in [3.63, 3.8) is 0 Å². The molecule has 84 valence electrons. The Balaban J connectivity index is 2.46. The SMILES string of the molecule is COc1c(C2C(N)C2(C)C)c(C)nn1C. The van der Waals surface area contributed by atoms with Gasteiger partial charge in [-0.25, -0.2) is 4.68 Å². The maximum atomic E-state index is 6.09. The van der Waals surface area contributed by atoms with Crippen molar-refractivity contribution in [3.05, 3.63) is 11.3 Å². The number of aromatic nitrogens is 2. The molecule has 1 saturated carbocycles. The largest absolute Gasteiger partial charge is 0.481 e. The third-order valence-corrected chi connectivity index (χ3v) is 3.63. The zero-order valence-electron chi connectivity index (χ0n) is 10.0. The molecular weight excluding hydrogens is 190 g/mol. The standard InChI is InChI=1S/C11H19N3O/c1-6-7(8-9(12)11(8,2)3)10(15-5)14(4)13-6/h8-9H,12H2,1-5H3. The number of nitrogens with zero attached hydrogens (tertiary/aromatic N) is 2. The van der Waals surface area contributed by atoms with Gasteiger partial charge in [-0.15, -0.1) is 0 Å². The maximum absolute atomic E-state index is 6.09. The lowest BCUT2D eigenvalue weighted by Crippen LogP contribution is -2.06. The van der Waals surface area contributed by atoms with Crippen molar-refractivity contribution < 1.29 is 4.74 Å². The Morgan fingerprint density at radius 2 is 2.00 bits per heavy atom.